The first kappa shape index (κ1) is 72.6. The van der Waals surface area contributed by atoms with Crippen molar-refractivity contribution in [3.05, 3.63) is 36.5 Å². The molecule has 0 bridgehead atoms. The van der Waals surface area contributed by atoms with Crippen LogP contribution < -0.4 is 0 Å². The minimum absolute atomic E-state index is 0.0790. The molecule has 6 heteroatoms. The molecule has 440 valence electrons. The summed E-state index contributed by atoms with van der Waals surface area (Å²) >= 11 is 0. The molecule has 1 unspecified atom stereocenters. The molecule has 0 aliphatic rings. The van der Waals surface area contributed by atoms with Crippen LogP contribution in [0.4, 0.5) is 0 Å². The number of ether oxygens (including phenoxy) is 3. The maximum absolute atomic E-state index is 12.8. The normalized spacial score (nSPS) is 12.2. The highest BCUT2D eigenvalue weighted by Gasteiger charge is 2.19. The minimum Gasteiger partial charge on any atom is -0.462 e. The SMILES string of the molecule is CC/C=C\C/C=C\C/C=C\CCCCCC(=O)OC(COC(=O)CCCCCCCCCCCCCCC)COC(=O)CCCCCCCCCCCCCCCCCCCCCCCCCCCCCCCCC. The standard InChI is InChI=1S/C69H128O6/c1-4-7-10-13-16-19-22-25-26-27-28-29-30-31-32-33-34-35-36-37-38-39-40-41-42-45-47-50-53-56-59-62-68(71)74-65-66(75-69(72)63-60-57-54-51-48-44-24-21-18-15-12-9-6-3)64-73-67(70)61-58-55-52-49-46-43-23-20-17-14-11-8-5-2/h9,12,18,21,44,48,66H,4-8,10-11,13-17,19-20,22-43,45-47,49-65H2,1-3H3/b12-9-,21-18-,48-44-. The molecule has 1 atom stereocenters. The van der Waals surface area contributed by atoms with E-state index < -0.39 is 6.10 Å². The highest BCUT2D eigenvalue weighted by molar-refractivity contribution is 5.71. The van der Waals surface area contributed by atoms with Gasteiger partial charge in [-0.1, -0.05) is 333 Å². The molecule has 0 saturated carbocycles. The van der Waals surface area contributed by atoms with Crippen molar-refractivity contribution in [2.45, 2.75) is 374 Å². The van der Waals surface area contributed by atoms with Crippen LogP contribution >= 0.6 is 0 Å². The Bertz CT molecular complexity index is 1250. The maximum atomic E-state index is 12.8. The summed E-state index contributed by atoms with van der Waals surface area (Å²) in [5.41, 5.74) is 0. The summed E-state index contributed by atoms with van der Waals surface area (Å²) in [5, 5.41) is 0. The number of carbonyl (C=O) groups is 3. The van der Waals surface area contributed by atoms with Crippen molar-refractivity contribution in [1.82, 2.24) is 0 Å². The van der Waals surface area contributed by atoms with Crippen LogP contribution in [0.3, 0.4) is 0 Å². The molecule has 0 aromatic rings. The first-order valence-electron chi connectivity index (χ1n) is 33.5. The smallest absolute Gasteiger partial charge is 0.306 e. The van der Waals surface area contributed by atoms with Gasteiger partial charge in [0, 0.05) is 19.3 Å². The molecule has 0 aliphatic heterocycles. The molecule has 0 amide bonds. The fourth-order valence-electron chi connectivity index (χ4n) is 10.2. The Balaban J connectivity index is 4.08. The number of carbonyl (C=O) groups excluding carboxylic acids is 3. The Labute approximate surface area is 467 Å². The summed E-state index contributed by atoms with van der Waals surface area (Å²) in [5.74, 6) is -0.886. The third-order valence-corrected chi connectivity index (χ3v) is 15.2. The number of rotatable bonds is 62. The third kappa shape index (κ3) is 62.4. The van der Waals surface area contributed by atoms with Gasteiger partial charge in [-0.05, 0) is 51.4 Å². The van der Waals surface area contributed by atoms with E-state index in [1.54, 1.807) is 0 Å². The van der Waals surface area contributed by atoms with Crippen molar-refractivity contribution in [3.8, 4) is 0 Å². The second-order valence-electron chi connectivity index (χ2n) is 22.7. The van der Waals surface area contributed by atoms with Crippen LogP contribution in [0.5, 0.6) is 0 Å². The lowest BCUT2D eigenvalue weighted by atomic mass is 10.0. The average molecular weight is 1050 g/mol. The predicted octanol–water partition coefficient (Wildman–Crippen LogP) is 22.8. The molecule has 75 heavy (non-hydrogen) atoms. The van der Waals surface area contributed by atoms with E-state index in [-0.39, 0.29) is 31.1 Å². The van der Waals surface area contributed by atoms with Gasteiger partial charge >= 0.3 is 17.9 Å². The van der Waals surface area contributed by atoms with Crippen LogP contribution in [0.2, 0.25) is 0 Å². The Morgan fingerprint density at radius 1 is 0.280 bits per heavy atom. The van der Waals surface area contributed by atoms with Crippen molar-refractivity contribution in [2.24, 2.45) is 0 Å². The number of esters is 3. The van der Waals surface area contributed by atoms with E-state index in [9.17, 15) is 14.4 Å². The Kier molecular flexibility index (Phi) is 62.1. The van der Waals surface area contributed by atoms with Crippen LogP contribution in [0, 0.1) is 0 Å². The van der Waals surface area contributed by atoms with Crippen molar-refractivity contribution in [1.29, 1.82) is 0 Å². The van der Waals surface area contributed by atoms with Crippen LogP contribution in [-0.4, -0.2) is 37.2 Å². The Morgan fingerprint density at radius 2 is 0.520 bits per heavy atom. The fraction of sp³-hybridized carbons (Fsp3) is 0.870. The summed E-state index contributed by atoms with van der Waals surface area (Å²) < 4.78 is 16.9. The van der Waals surface area contributed by atoms with E-state index in [4.69, 9.17) is 14.2 Å². The zero-order valence-corrected chi connectivity index (χ0v) is 50.6. The molecule has 0 saturated heterocycles. The van der Waals surface area contributed by atoms with Crippen LogP contribution in [0.25, 0.3) is 0 Å². The molecule has 0 aromatic carbocycles. The highest BCUT2D eigenvalue weighted by atomic mass is 16.6. The van der Waals surface area contributed by atoms with Crippen LogP contribution in [0.15, 0.2) is 36.5 Å². The van der Waals surface area contributed by atoms with E-state index >= 15 is 0 Å². The van der Waals surface area contributed by atoms with Crippen molar-refractivity contribution >= 4 is 17.9 Å². The molecule has 0 aliphatic carbocycles. The first-order valence-corrected chi connectivity index (χ1v) is 33.5. The summed E-state index contributed by atoms with van der Waals surface area (Å²) in [6.07, 6.45) is 79.1. The molecular weight excluding hydrogens is 925 g/mol. The van der Waals surface area contributed by atoms with Crippen LogP contribution in [-0.2, 0) is 28.6 Å². The van der Waals surface area contributed by atoms with Gasteiger partial charge in [-0.15, -0.1) is 0 Å². The van der Waals surface area contributed by atoms with E-state index in [0.717, 1.165) is 83.5 Å². The van der Waals surface area contributed by atoms with E-state index in [2.05, 4.69) is 57.2 Å². The van der Waals surface area contributed by atoms with Crippen molar-refractivity contribution in [3.63, 3.8) is 0 Å². The van der Waals surface area contributed by atoms with Gasteiger partial charge in [0.25, 0.3) is 0 Å². The molecule has 0 spiro atoms. The molecule has 0 N–H and O–H groups in total. The number of hydrogen-bond acceptors (Lipinski definition) is 6. The number of allylic oxidation sites excluding steroid dienone is 6. The zero-order valence-electron chi connectivity index (χ0n) is 50.6. The van der Waals surface area contributed by atoms with Gasteiger partial charge < -0.3 is 14.2 Å². The second-order valence-corrected chi connectivity index (χ2v) is 22.7. The number of hydrogen-bond donors (Lipinski definition) is 0. The van der Waals surface area contributed by atoms with Gasteiger partial charge in [0.15, 0.2) is 6.10 Å². The van der Waals surface area contributed by atoms with E-state index in [1.807, 2.05) is 0 Å². The summed E-state index contributed by atoms with van der Waals surface area (Å²) in [6.45, 7) is 6.56. The highest BCUT2D eigenvalue weighted by Crippen LogP contribution is 2.19. The quantitative estimate of drug-likeness (QED) is 0.0261. The predicted molar refractivity (Wildman–Crippen MR) is 326 cm³/mol. The first-order chi connectivity index (χ1) is 37.0. The minimum atomic E-state index is -0.784. The van der Waals surface area contributed by atoms with E-state index in [1.165, 1.54) is 244 Å². The topological polar surface area (TPSA) is 78.9 Å². The largest absolute Gasteiger partial charge is 0.462 e. The molecule has 0 aromatic heterocycles. The van der Waals surface area contributed by atoms with Gasteiger partial charge in [0.05, 0.1) is 0 Å². The van der Waals surface area contributed by atoms with Crippen LogP contribution in [0.1, 0.15) is 367 Å². The Morgan fingerprint density at radius 3 is 0.813 bits per heavy atom. The van der Waals surface area contributed by atoms with Gasteiger partial charge in [-0.3, -0.25) is 14.4 Å². The summed E-state index contributed by atoms with van der Waals surface area (Å²) in [7, 11) is 0. The van der Waals surface area contributed by atoms with Gasteiger partial charge in [0.2, 0.25) is 0 Å². The fourth-order valence-corrected chi connectivity index (χ4v) is 10.2. The maximum Gasteiger partial charge on any atom is 0.306 e. The van der Waals surface area contributed by atoms with Gasteiger partial charge in [0.1, 0.15) is 13.2 Å². The van der Waals surface area contributed by atoms with Gasteiger partial charge in [-0.2, -0.15) is 0 Å². The van der Waals surface area contributed by atoms with Crippen molar-refractivity contribution < 1.29 is 28.6 Å². The number of unbranched alkanes of at least 4 members (excludes halogenated alkanes) is 45. The molecule has 6 nitrogen and oxygen atoms in total. The summed E-state index contributed by atoms with van der Waals surface area (Å²) in [4.78, 5) is 38.2. The summed E-state index contributed by atoms with van der Waals surface area (Å²) in [6, 6.07) is 0. The second kappa shape index (κ2) is 64.2. The molecule has 0 rings (SSSR count). The molecule has 0 radical (unpaired) electrons. The zero-order chi connectivity index (χ0) is 54.3. The molecular formula is C69H128O6. The Hall–Kier alpha value is -2.37. The van der Waals surface area contributed by atoms with Crippen molar-refractivity contribution in [2.75, 3.05) is 13.2 Å². The molecule has 0 fully saturated rings. The lowest BCUT2D eigenvalue weighted by Gasteiger charge is -2.18. The van der Waals surface area contributed by atoms with E-state index in [0.29, 0.717) is 19.3 Å². The third-order valence-electron chi connectivity index (χ3n) is 15.2. The lowest BCUT2D eigenvalue weighted by Crippen LogP contribution is -2.30. The monoisotopic (exact) mass is 1050 g/mol. The lowest BCUT2D eigenvalue weighted by molar-refractivity contribution is -0.167. The average Bonchev–Trinajstić information content (AvgIpc) is 3.41. The molecule has 0 heterocycles. The van der Waals surface area contributed by atoms with Gasteiger partial charge in [-0.25, -0.2) is 0 Å².